The van der Waals surface area contributed by atoms with Gasteiger partial charge in [-0.3, -0.25) is 37.5 Å². The molecule has 28 aromatic rings. The predicted octanol–water partition coefficient (Wildman–Crippen LogP) is 26.9. The second-order valence-electron chi connectivity index (χ2n) is 38.8. The number of hydrogen-bond donors (Lipinski definition) is 0. The van der Waals surface area contributed by atoms with Crippen LogP contribution in [0.5, 0.6) is 0 Å². The third-order valence-electron chi connectivity index (χ3n) is 31.8. The Labute approximate surface area is 796 Å². The van der Waals surface area contributed by atoms with Crippen LogP contribution in [0.2, 0.25) is 0 Å². The van der Waals surface area contributed by atoms with Crippen LogP contribution in [0, 0.1) is 0 Å². The van der Waals surface area contributed by atoms with Crippen molar-refractivity contribution in [1.82, 2.24) is 77.4 Å². The minimum absolute atomic E-state index is 0.927. The molecule has 0 unspecified atom stereocenters. The second kappa shape index (κ2) is 27.7. The molecule has 12 aromatic carbocycles. The summed E-state index contributed by atoms with van der Waals surface area (Å²) in [5, 5.41) is 14.3. The van der Waals surface area contributed by atoms with Crippen LogP contribution in [0.3, 0.4) is 0 Å². The van der Waals surface area contributed by atoms with Gasteiger partial charge in [0.2, 0.25) is 0 Å². The SMILES string of the molecule is c1ccc2c(c1)Cc1cc3c(cc1-2)-c1ccc2c(c1C3)c1cccnc1n1c3cnccc3nc21.c1ccc2c(c1)Cc1cc3c(cc1-2)Cc1cc2c4cccnc4n4c5cnccc5nc4c2cc1-3.c1ccc2c(c1)Cc1ccc3c(c1-2)-c1ccc2c(c1C3)c1cccnc1n1c3cnccc3nc21.c1ccc2c(c1)Cc1ccc3c(c1-2)Cc1cc2c4cccnc4n4c5cnccc5nc4c2cc1-3. The Bertz CT molecular complexity index is 10700. The first-order valence-electron chi connectivity index (χ1n) is 48.2. The zero-order valence-electron chi connectivity index (χ0n) is 75.1. The maximum Gasteiger partial charge on any atom is 0.147 e. The molecule has 16 heterocycles. The first-order valence-corrected chi connectivity index (χ1v) is 48.2. The summed E-state index contributed by atoms with van der Waals surface area (Å²) in [7, 11) is 0. The van der Waals surface area contributed by atoms with Crippen molar-refractivity contribution in [2.24, 2.45) is 0 Å². The molecule has 0 atom stereocenters. The first kappa shape index (κ1) is 75.1. The van der Waals surface area contributed by atoms with Crippen molar-refractivity contribution < 1.29 is 0 Å². The lowest BCUT2D eigenvalue weighted by Crippen LogP contribution is -1.96. The van der Waals surface area contributed by atoms with Crippen LogP contribution in [0.15, 0.2) is 341 Å². The van der Waals surface area contributed by atoms with Crippen molar-refractivity contribution in [3.8, 4) is 89.0 Å². The smallest absolute Gasteiger partial charge is 0.147 e. The number of aromatic nitrogens is 16. The molecule has 648 valence electrons. The number of benzene rings is 12. The van der Waals surface area contributed by atoms with Crippen LogP contribution < -0.4 is 0 Å². The molecule has 0 spiro atoms. The lowest BCUT2D eigenvalue weighted by atomic mass is 9.92. The summed E-state index contributed by atoms with van der Waals surface area (Å²) >= 11 is 0. The van der Waals surface area contributed by atoms with Crippen molar-refractivity contribution >= 4 is 154 Å². The highest BCUT2D eigenvalue weighted by Gasteiger charge is 2.36. The molecule has 0 saturated carbocycles. The van der Waals surface area contributed by atoms with E-state index >= 15 is 0 Å². The van der Waals surface area contributed by atoms with Crippen molar-refractivity contribution in [3.05, 3.63) is 430 Å². The molecule has 36 rings (SSSR count). The Balaban J connectivity index is 0.0000000829. The van der Waals surface area contributed by atoms with Crippen molar-refractivity contribution in [2.45, 2.75) is 51.4 Å². The van der Waals surface area contributed by atoms with E-state index in [2.05, 4.69) is 256 Å². The third-order valence-corrected chi connectivity index (χ3v) is 31.8. The van der Waals surface area contributed by atoms with E-state index in [1.807, 2.05) is 98.1 Å². The van der Waals surface area contributed by atoms with Crippen molar-refractivity contribution in [1.29, 1.82) is 0 Å². The van der Waals surface area contributed by atoms with E-state index in [-0.39, 0.29) is 0 Å². The quantitative estimate of drug-likeness (QED) is 0.132. The fourth-order valence-electron chi connectivity index (χ4n) is 25.9. The molecule has 16 nitrogen and oxygen atoms in total. The minimum Gasteiger partial charge on any atom is -0.274 e. The number of rotatable bonds is 0. The molecule has 0 aliphatic heterocycles. The lowest BCUT2D eigenvalue weighted by molar-refractivity contribution is 1.21. The zero-order chi connectivity index (χ0) is 90.7. The van der Waals surface area contributed by atoms with Crippen LogP contribution in [-0.4, -0.2) is 77.4 Å². The van der Waals surface area contributed by atoms with E-state index in [4.69, 9.17) is 39.9 Å². The minimum atomic E-state index is 0.927. The summed E-state index contributed by atoms with van der Waals surface area (Å²) < 4.78 is 8.67. The van der Waals surface area contributed by atoms with Gasteiger partial charge in [0.15, 0.2) is 0 Å². The lowest BCUT2D eigenvalue weighted by Gasteiger charge is -2.13. The number of pyridine rings is 12. The van der Waals surface area contributed by atoms with Gasteiger partial charge in [-0.25, -0.2) is 39.9 Å². The summed E-state index contributed by atoms with van der Waals surface area (Å²) in [5.41, 5.74) is 60.1. The molecular formula is C124H72N16. The van der Waals surface area contributed by atoms with Gasteiger partial charge in [0.25, 0.3) is 0 Å². The summed E-state index contributed by atoms with van der Waals surface area (Å²) in [4.78, 5) is 56.9. The van der Waals surface area contributed by atoms with Gasteiger partial charge < -0.3 is 0 Å². The molecule has 0 fully saturated rings. The van der Waals surface area contributed by atoms with Gasteiger partial charge >= 0.3 is 0 Å². The first-order chi connectivity index (χ1) is 69.4. The summed E-state index contributed by atoms with van der Waals surface area (Å²) in [6.07, 6.45) is 30.1. The Morgan fingerprint density at radius 2 is 0.486 bits per heavy atom. The normalized spacial score (nSPS) is 13.5. The van der Waals surface area contributed by atoms with Crippen LogP contribution in [0.25, 0.3) is 243 Å². The maximum absolute atomic E-state index is 5.05. The Kier molecular flexibility index (Phi) is 14.9. The van der Waals surface area contributed by atoms with Gasteiger partial charge in [0, 0.05) is 103 Å². The number of imidazole rings is 4. The second-order valence-corrected chi connectivity index (χ2v) is 38.8. The standard InChI is InChI=1S/4C31H18N4/c1-2-5-20-17(4-1)14-18-7-8-19-15-24-21(28(19)27(18)20)9-10-23-29(24)22-6-3-12-33-30(22)35-26-16-32-13-11-25(26)34-31(23)35;1-2-5-20-17(4-1)12-18-13-19-14-26-21(25(19)15-24(18)20)7-8-23-29(26)22-6-3-10-33-30(22)35-28-16-32-11-9-27(28)34-31(23)35;1-2-5-20-17(4-1)12-18-7-8-21-23-15-26-24(13-19(23)14-25(21)29(18)20)22-6-3-10-33-30(22)35-28-16-32-11-9-27(28)34-31(26)35;1-2-5-21-17(4-1)10-18-13-24-19(12-23(18)21)11-20-14-26-22-6-3-8-33-30(22)35-29-16-32-9-7-28(29)34-31(35)27(26)15-25(20)24/h1-13,16H,14-15H2;2*1-11,13,15-16H,12,14H2;1-9,12-16H,10-11H2. The van der Waals surface area contributed by atoms with E-state index in [0.29, 0.717) is 0 Å². The van der Waals surface area contributed by atoms with E-state index in [1.165, 1.54) is 221 Å². The molecule has 0 radical (unpaired) electrons. The number of fused-ring (bicyclic) bond motifs is 60. The average Bonchev–Trinajstić information content (AvgIpc) is 1.52. The highest BCUT2D eigenvalue weighted by atomic mass is 15.1. The molecular weight excluding hydrogens is 1710 g/mol. The van der Waals surface area contributed by atoms with Crippen molar-refractivity contribution in [2.75, 3.05) is 0 Å². The zero-order valence-corrected chi connectivity index (χ0v) is 75.1. The van der Waals surface area contributed by atoms with Crippen LogP contribution in [0.4, 0.5) is 0 Å². The van der Waals surface area contributed by atoms with Gasteiger partial charge in [0.05, 0.1) is 68.9 Å². The van der Waals surface area contributed by atoms with E-state index in [0.717, 1.165) is 162 Å². The van der Waals surface area contributed by atoms with Crippen LogP contribution >= 0.6 is 0 Å². The average molecular weight is 1790 g/mol. The predicted molar refractivity (Wildman–Crippen MR) is 559 cm³/mol. The van der Waals surface area contributed by atoms with E-state index in [1.54, 1.807) is 24.8 Å². The van der Waals surface area contributed by atoms with Gasteiger partial charge in [-0.15, -0.1) is 0 Å². The molecule has 8 aliphatic rings. The third kappa shape index (κ3) is 10.3. The summed E-state index contributed by atoms with van der Waals surface area (Å²) in [6, 6.07) is 97.9. The number of hydrogen-bond acceptors (Lipinski definition) is 12. The van der Waals surface area contributed by atoms with Crippen molar-refractivity contribution in [3.63, 3.8) is 0 Å². The molecule has 140 heavy (non-hydrogen) atoms. The molecule has 0 N–H and O–H groups in total. The van der Waals surface area contributed by atoms with Gasteiger partial charge in [0.1, 0.15) is 45.2 Å². The highest BCUT2D eigenvalue weighted by molar-refractivity contribution is 6.21. The Hall–Kier alpha value is -18.3. The molecule has 0 bridgehead atoms. The fraction of sp³-hybridized carbons (Fsp3) is 0.0645. The van der Waals surface area contributed by atoms with Gasteiger partial charge in [-0.05, 0) is 368 Å². The molecule has 16 aromatic heterocycles. The van der Waals surface area contributed by atoms with Gasteiger partial charge in [-0.2, -0.15) is 0 Å². The summed E-state index contributed by atoms with van der Waals surface area (Å²) in [5.74, 6) is 0. The molecule has 16 heteroatoms. The van der Waals surface area contributed by atoms with Crippen LogP contribution in [-0.2, 0) is 51.4 Å². The Morgan fingerprint density at radius 3 is 1.01 bits per heavy atom. The van der Waals surface area contributed by atoms with Gasteiger partial charge in [-0.1, -0.05) is 140 Å². The topological polar surface area (TPSA) is 172 Å². The molecule has 0 amide bonds. The Morgan fingerprint density at radius 1 is 0.171 bits per heavy atom. The van der Waals surface area contributed by atoms with E-state index in [9.17, 15) is 0 Å². The van der Waals surface area contributed by atoms with E-state index < -0.39 is 0 Å². The highest BCUT2D eigenvalue weighted by Crippen LogP contribution is 2.56. The maximum atomic E-state index is 5.05. The monoisotopic (exact) mass is 1780 g/mol. The molecule has 8 aliphatic carbocycles. The van der Waals surface area contributed by atoms with Crippen LogP contribution in [0.1, 0.15) is 89.0 Å². The fourth-order valence-corrected chi connectivity index (χ4v) is 25.9. The number of nitrogens with zero attached hydrogens (tertiary/aromatic N) is 16. The molecule has 0 saturated heterocycles. The largest absolute Gasteiger partial charge is 0.274 e. The summed E-state index contributed by atoms with van der Waals surface area (Å²) in [6.45, 7) is 0.